The average Bonchev–Trinajstić information content (AvgIpc) is 3.51. The zero-order chi connectivity index (χ0) is 22.4. The van der Waals surface area contributed by atoms with Crippen molar-refractivity contribution < 1.29 is 48.0 Å². The van der Waals surface area contributed by atoms with Gasteiger partial charge in [-0.25, -0.2) is 0 Å². The Hall–Kier alpha value is -2.12. The third-order valence-corrected chi connectivity index (χ3v) is 11.5. The Morgan fingerprint density at radius 1 is 0.857 bits per heavy atom. The molecule has 1 atom stereocenters. The molecule has 1 aromatic heterocycles. The number of nitrogens with zero attached hydrogens (tertiary/aromatic N) is 1. The second-order valence-electron chi connectivity index (χ2n) is 9.11. The number of para-hydroxylation sites is 1. The average molecular weight is 576 g/mol. The maximum Gasteiger partial charge on any atom is -1.00 e. The van der Waals surface area contributed by atoms with Gasteiger partial charge >= 0.3 is 209 Å². The third-order valence-electron chi connectivity index (χ3n) is 7.18. The number of aromatic nitrogens is 1. The van der Waals surface area contributed by atoms with Crippen LogP contribution in [0.5, 0.6) is 0 Å². The van der Waals surface area contributed by atoms with Crippen molar-refractivity contribution in [2.45, 2.75) is 30.3 Å². The Morgan fingerprint density at radius 2 is 1.57 bits per heavy atom. The van der Waals surface area contributed by atoms with E-state index in [0.29, 0.717) is 3.63 Å². The molecule has 0 bridgehead atoms. The number of hydrogen-bond acceptors (Lipinski definition) is 0. The van der Waals surface area contributed by atoms with Crippen LogP contribution in [0, 0.1) is 13.8 Å². The summed E-state index contributed by atoms with van der Waals surface area (Å²) in [6.45, 7) is 4.56. The van der Waals surface area contributed by atoms with Gasteiger partial charge in [-0.05, 0) is 0 Å². The predicted molar refractivity (Wildman–Crippen MR) is 136 cm³/mol. The molecule has 0 aliphatic heterocycles. The second-order valence-corrected chi connectivity index (χ2v) is 12.7. The zero-order valence-electron chi connectivity index (χ0n) is 19.9. The predicted octanol–water partition coefficient (Wildman–Crippen LogP) is 1.86. The van der Waals surface area contributed by atoms with E-state index in [1.54, 1.807) is 8.85 Å². The summed E-state index contributed by atoms with van der Waals surface area (Å²) in [5.74, 6) is 0. The Kier molecular flexibility index (Phi) is 8.07. The molecule has 0 N–H and O–H groups in total. The molecule has 1 unspecified atom stereocenters. The van der Waals surface area contributed by atoms with E-state index in [-0.39, 0.29) is 24.8 Å². The van der Waals surface area contributed by atoms with Crippen LogP contribution < -0.4 is 24.8 Å². The Bertz CT molecular complexity index is 1460. The van der Waals surface area contributed by atoms with Crippen LogP contribution in [0.15, 0.2) is 99.9 Å². The monoisotopic (exact) mass is 573 g/mol. The molecule has 4 aromatic rings. The molecule has 174 valence electrons. The number of aryl methyl sites for hydroxylation is 1. The molecular formula is C31H27Cl2NZr. The van der Waals surface area contributed by atoms with Gasteiger partial charge in [0, 0.05) is 0 Å². The molecule has 0 fully saturated rings. The van der Waals surface area contributed by atoms with Gasteiger partial charge in [0.15, 0.2) is 0 Å². The number of benzene rings is 3. The first-order valence-corrected chi connectivity index (χ1v) is 14.4. The topological polar surface area (TPSA) is 4.93 Å². The van der Waals surface area contributed by atoms with Crippen LogP contribution in [-0.2, 0) is 29.7 Å². The van der Waals surface area contributed by atoms with E-state index in [1.165, 1.54) is 44.5 Å². The molecule has 4 heteroatoms. The van der Waals surface area contributed by atoms with Gasteiger partial charge in [0.2, 0.25) is 0 Å². The third kappa shape index (κ3) is 4.69. The van der Waals surface area contributed by atoms with Gasteiger partial charge in [-0.15, -0.1) is 0 Å². The minimum absolute atomic E-state index is 0. The fourth-order valence-electron chi connectivity index (χ4n) is 5.37. The number of rotatable bonds is 5. The quantitative estimate of drug-likeness (QED) is 0.343. The minimum Gasteiger partial charge on any atom is -1.00 e. The molecule has 0 saturated carbocycles. The fourth-order valence-corrected chi connectivity index (χ4v) is 9.60. The number of allylic oxidation sites excluding steroid dienone is 5. The molecule has 3 aromatic carbocycles. The largest absolute Gasteiger partial charge is 1.00 e. The van der Waals surface area contributed by atoms with Gasteiger partial charge in [0.1, 0.15) is 0 Å². The Morgan fingerprint density at radius 3 is 2.40 bits per heavy atom. The van der Waals surface area contributed by atoms with Crippen molar-refractivity contribution in [3.8, 4) is 0 Å². The molecule has 0 spiro atoms. The summed E-state index contributed by atoms with van der Waals surface area (Å²) in [4.78, 5) is 0. The summed E-state index contributed by atoms with van der Waals surface area (Å²) in [5, 5.41) is 1.38. The summed E-state index contributed by atoms with van der Waals surface area (Å²) < 4.78 is 4.86. The summed E-state index contributed by atoms with van der Waals surface area (Å²) >= 11 is -0.906. The van der Waals surface area contributed by atoms with E-state index >= 15 is 0 Å². The molecule has 1 heterocycles. The van der Waals surface area contributed by atoms with E-state index in [4.69, 9.17) is 0 Å². The molecule has 2 aliphatic rings. The van der Waals surface area contributed by atoms with E-state index in [2.05, 4.69) is 116 Å². The van der Waals surface area contributed by atoms with Crippen molar-refractivity contribution >= 4 is 22.7 Å². The maximum absolute atomic E-state index is 2.57. The van der Waals surface area contributed by atoms with Crippen molar-refractivity contribution in [3.05, 3.63) is 128 Å². The van der Waals surface area contributed by atoms with Crippen LogP contribution in [0.25, 0.3) is 22.7 Å². The van der Waals surface area contributed by atoms with Gasteiger partial charge in [-0.2, -0.15) is 0 Å². The Balaban J connectivity index is 0.00000144. The van der Waals surface area contributed by atoms with Crippen molar-refractivity contribution in [1.29, 1.82) is 0 Å². The summed E-state index contributed by atoms with van der Waals surface area (Å²) in [6, 6.07) is 28.9. The van der Waals surface area contributed by atoms with E-state index in [0.717, 1.165) is 12.8 Å². The maximum atomic E-state index is 2.57. The van der Waals surface area contributed by atoms with Crippen molar-refractivity contribution in [2.24, 2.45) is 0 Å². The van der Waals surface area contributed by atoms with Gasteiger partial charge in [0.05, 0.1) is 0 Å². The first kappa shape index (κ1) is 26.0. The Labute approximate surface area is 232 Å². The molecule has 35 heavy (non-hydrogen) atoms. The fraction of sp³-hybridized carbons (Fsp3) is 0.161. The summed E-state index contributed by atoms with van der Waals surface area (Å²) in [7, 11) is 0. The molecule has 0 saturated heterocycles. The number of fused-ring (bicyclic) bond motifs is 2. The minimum atomic E-state index is -0.906. The standard InChI is InChI=1S/C19H16N.C12H11.2ClH.Zr/c1-13-14(2)20(19-10-6-5-9-18(13)19)17-11-15-7-3-4-8-16(15)12-17;1-2-6-11(7-3-1)10-12-8-4-5-9-12;;;/h3-12H,1-2H3;1-4,6-8H,5,10H2;2*1H;/q;;;;+2/p-2. The van der Waals surface area contributed by atoms with Crippen molar-refractivity contribution in [3.63, 3.8) is 0 Å². The van der Waals surface area contributed by atoms with Crippen LogP contribution in [0.3, 0.4) is 0 Å². The van der Waals surface area contributed by atoms with Crippen LogP contribution in [0.4, 0.5) is 0 Å². The van der Waals surface area contributed by atoms with E-state index < -0.39 is 23.2 Å². The van der Waals surface area contributed by atoms with Gasteiger partial charge in [-0.1, -0.05) is 0 Å². The second kappa shape index (κ2) is 10.9. The van der Waals surface area contributed by atoms with Crippen LogP contribution in [-0.4, -0.2) is 4.57 Å². The first-order chi connectivity index (χ1) is 16.2. The summed E-state index contributed by atoms with van der Waals surface area (Å²) in [6.07, 6.45) is 9.46. The van der Waals surface area contributed by atoms with E-state index in [1.807, 2.05) is 0 Å². The molecule has 0 radical (unpaired) electrons. The van der Waals surface area contributed by atoms with Crippen LogP contribution in [0.1, 0.15) is 38.0 Å². The molecule has 0 amide bonds. The smallest absolute Gasteiger partial charge is 1.00 e. The molecule has 6 rings (SSSR count). The SMILES string of the molecule is Cc1c(C)n(C2=Cc3ccccc3[CH]2[Zr+2][C]2=C(Cc3ccccc3)C=CC2)c2ccccc12.[Cl-].[Cl-]. The van der Waals surface area contributed by atoms with Crippen LogP contribution in [0.2, 0.25) is 0 Å². The van der Waals surface area contributed by atoms with Gasteiger partial charge in [0.25, 0.3) is 0 Å². The number of hydrogen-bond donors (Lipinski definition) is 0. The van der Waals surface area contributed by atoms with Gasteiger partial charge in [-0.3, -0.25) is 0 Å². The first-order valence-electron chi connectivity index (χ1n) is 11.8. The summed E-state index contributed by atoms with van der Waals surface area (Å²) in [5.41, 5.74) is 11.5. The normalized spacial score (nSPS) is 15.9. The van der Waals surface area contributed by atoms with Gasteiger partial charge < -0.3 is 24.8 Å². The van der Waals surface area contributed by atoms with Crippen molar-refractivity contribution in [2.75, 3.05) is 0 Å². The number of halogens is 2. The molecular weight excluding hydrogens is 548 g/mol. The van der Waals surface area contributed by atoms with E-state index in [9.17, 15) is 0 Å². The van der Waals surface area contributed by atoms with Crippen molar-refractivity contribution in [1.82, 2.24) is 4.57 Å². The molecule has 1 nitrogen and oxygen atoms in total. The zero-order valence-corrected chi connectivity index (χ0v) is 23.9. The molecule has 2 aliphatic carbocycles. The van der Waals surface area contributed by atoms with Crippen LogP contribution >= 0.6 is 0 Å².